The summed E-state index contributed by atoms with van der Waals surface area (Å²) >= 11 is 7.79. The zero-order valence-electron chi connectivity index (χ0n) is 16.7. The van der Waals surface area contributed by atoms with Crippen molar-refractivity contribution in [3.63, 3.8) is 0 Å². The summed E-state index contributed by atoms with van der Waals surface area (Å²) < 4.78 is 5.74. The van der Waals surface area contributed by atoms with Crippen molar-refractivity contribution in [2.75, 3.05) is 20.2 Å². The minimum absolute atomic E-state index is 0.0475. The van der Waals surface area contributed by atoms with E-state index in [0.717, 1.165) is 16.0 Å². The third-order valence-corrected chi connectivity index (χ3v) is 5.86. The Labute approximate surface area is 184 Å². The largest absolute Gasteiger partial charge is 0.490 e. The number of benzene rings is 1. The number of halogens is 1. The Hall–Kier alpha value is -2.96. The predicted octanol–water partition coefficient (Wildman–Crippen LogP) is 5.22. The molecule has 1 amide bonds. The SMILES string of the molecule is CC(=O)c1ccc(-c2ccc(OCCN(C)C(=O)C=Cc3cccnc3)c(Cl)c2)s1. The molecule has 0 N–H and O–H groups in total. The van der Waals surface area contributed by atoms with Crippen LogP contribution in [0.25, 0.3) is 16.5 Å². The highest BCUT2D eigenvalue weighted by Crippen LogP contribution is 2.34. The number of nitrogens with zero attached hydrogens (tertiary/aromatic N) is 2. The first kappa shape index (κ1) is 21.7. The van der Waals surface area contributed by atoms with Crippen molar-refractivity contribution < 1.29 is 14.3 Å². The molecular weight excluding hydrogens is 420 g/mol. The van der Waals surface area contributed by atoms with Gasteiger partial charge in [-0.3, -0.25) is 14.6 Å². The molecule has 3 aromatic rings. The standard InChI is InChI=1S/C23H21ClN2O3S/c1-16(27)21-8-9-22(30-21)18-6-7-20(19(24)14-18)29-13-12-26(2)23(28)10-5-17-4-3-11-25-15-17/h3-11,14-15H,12-13H2,1-2H3. The average molecular weight is 441 g/mol. The number of ketones is 1. The van der Waals surface area contributed by atoms with Crippen molar-refractivity contribution in [3.8, 4) is 16.2 Å². The van der Waals surface area contributed by atoms with Crippen LogP contribution >= 0.6 is 22.9 Å². The lowest BCUT2D eigenvalue weighted by Crippen LogP contribution is -2.29. The van der Waals surface area contributed by atoms with E-state index in [1.807, 2.05) is 36.4 Å². The summed E-state index contributed by atoms with van der Waals surface area (Å²) in [5.74, 6) is 0.477. The van der Waals surface area contributed by atoms with Gasteiger partial charge < -0.3 is 9.64 Å². The van der Waals surface area contributed by atoms with Crippen LogP contribution < -0.4 is 4.74 Å². The van der Waals surface area contributed by atoms with Gasteiger partial charge in [0.25, 0.3) is 0 Å². The summed E-state index contributed by atoms with van der Waals surface area (Å²) in [6, 6.07) is 12.9. The fourth-order valence-electron chi connectivity index (χ4n) is 2.63. The van der Waals surface area contributed by atoms with Crippen LogP contribution in [0.15, 0.2) is 60.9 Å². The Morgan fingerprint density at radius 3 is 2.73 bits per heavy atom. The summed E-state index contributed by atoms with van der Waals surface area (Å²) in [5.41, 5.74) is 1.79. The van der Waals surface area contributed by atoms with Crippen molar-refractivity contribution in [1.82, 2.24) is 9.88 Å². The zero-order valence-corrected chi connectivity index (χ0v) is 18.2. The van der Waals surface area contributed by atoms with Crippen LogP contribution in [0.3, 0.4) is 0 Å². The van der Waals surface area contributed by atoms with Gasteiger partial charge in [0.2, 0.25) is 5.91 Å². The molecule has 0 aliphatic heterocycles. The maximum absolute atomic E-state index is 12.2. The van der Waals surface area contributed by atoms with E-state index in [4.69, 9.17) is 16.3 Å². The number of hydrogen-bond acceptors (Lipinski definition) is 5. The number of pyridine rings is 1. The first-order valence-electron chi connectivity index (χ1n) is 9.31. The highest BCUT2D eigenvalue weighted by atomic mass is 35.5. The Morgan fingerprint density at radius 1 is 1.23 bits per heavy atom. The molecule has 0 fully saturated rings. The topological polar surface area (TPSA) is 59.5 Å². The number of carbonyl (C=O) groups is 2. The normalized spacial score (nSPS) is 10.9. The molecular formula is C23H21ClN2O3S. The lowest BCUT2D eigenvalue weighted by atomic mass is 10.2. The molecule has 0 saturated carbocycles. The molecule has 0 aliphatic carbocycles. The number of aromatic nitrogens is 1. The van der Waals surface area contributed by atoms with Gasteiger partial charge in [-0.15, -0.1) is 11.3 Å². The quantitative estimate of drug-likeness (QED) is 0.356. The highest BCUT2D eigenvalue weighted by Gasteiger charge is 2.10. The Kier molecular flexibility index (Phi) is 7.38. The molecule has 0 saturated heterocycles. The van der Waals surface area contributed by atoms with Gasteiger partial charge in [0.05, 0.1) is 16.4 Å². The van der Waals surface area contributed by atoms with Crippen molar-refractivity contribution >= 4 is 40.7 Å². The van der Waals surface area contributed by atoms with Crippen LogP contribution in [-0.4, -0.2) is 41.8 Å². The summed E-state index contributed by atoms with van der Waals surface area (Å²) in [7, 11) is 1.72. The minimum Gasteiger partial charge on any atom is -0.490 e. The third-order valence-electron chi connectivity index (χ3n) is 4.33. The molecule has 0 radical (unpaired) electrons. The second-order valence-electron chi connectivity index (χ2n) is 6.59. The Morgan fingerprint density at radius 2 is 2.07 bits per heavy atom. The van der Waals surface area contributed by atoms with Gasteiger partial charge in [-0.1, -0.05) is 17.7 Å². The van der Waals surface area contributed by atoms with Crippen LogP contribution in [-0.2, 0) is 4.79 Å². The molecule has 0 bridgehead atoms. The van der Waals surface area contributed by atoms with Gasteiger partial charge >= 0.3 is 0 Å². The average Bonchev–Trinajstić information content (AvgIpc) is 3.24. The van der Waals surface area contributed by atoms with E-state index in [9.17, 15) is 9.59 Å². The highest BCUT2D eigenvalue weighted by molar-refractivity contribution is 7.17. The first-order chi connectivity index (χ1) is 14.4. The van der Waals surface area contributed by atoms with Crippen LogP contribution in [0.4, 0.5) is 0 Å². The summed E-state index contributed by atoms with van der Waals surface area (Å²) in [5, 5.41) is 0.482. The molecule has 3 rings (SSSR count). The monoisotopic (exact) mass is 440 g/mol. The van der Waals surface area contributed by atoms with Crippen molar-refractivity contribution in [1.29, 1.82) is 0 Å². The van der Waals surface area contributed by atoms with Gasteiger partial charge in [0.15, 0.2) is 5.78 Å². The molecule has 2 heterocycles. The second-order valence-corrected chi connectivity index (χ2v) is 8.08. The van der Waals surface area contributed by atoms with E-state index in [1.165, 1.54) is 17.4 Å². The number of likely N-dealkylation sites (N-methyl/N-ethyl adjacent to an activating group) is 1. The number of hydrogen-bond donors (Lipinski definition) is 0. The maximum atomic E-state index is 12.2. The molecule has 0 atom stereocenters. The van der Waals surface area contributed by atoms with E-state index in [0.29, 0.717) is 28.8 Å². The number of rotatable bonds is 8. The fourth-order valence-corrected chi connectivity index (χ4v) is 3.76. The number of thiophene rings is 1. The lowest BCUT2D eigenvalue weighted by Gasteiger charge is -2.16. The first-order valence-corrected chi connectivity index (χ1v) is 10.5. The molecule has 0 unspecified atom stereocenters. The zero-order chi connectivity index (χ0) is 21.5. The smallest absolute Gasteiger partial charge is 0.246 e. The van der Waals surface area contributed by atoms with Gasteiger partial charge in [-0.05, 0) is 60.5 Å². The van der Waals surface area contributed by atoms with Crippen LogP contribution in [0.5, 0.6) is 5.75 Å². The molecule has 0 spiro atoms. The van der Waals surface area contributed by atoms with Crippen LogP contribution in [0.1, 0.15) is 22.2 Å². The third kappa shape index (κ3) is 5.78. The maximum Gasteiger partial charge on any atom is 0.246 e. The lowest BCUT2D eigenvalue weighted by molar-refractivity contribution is -0.125. The van der Waals surface area contributed by atoms with Crippen molar-refractivity contribution in [2.24, 2.45) is 0 Å². The predicted molar refractivity (Wildman–Crippen MR) is 121 cm³/mol. The molecule has 154 valence electrons. The van der Waals surface area contributed by atoms with E-state index >= 15 is 0 Å². The molecule has 0 aliphatic rings. The van der Waals surface area contributed by atoms with Gasteiger partial charge in [0.1, 0.15) is 12.4 Å². The van der Waals surface area contributed by atoms with E-state index in [-0.39, 0.29) is 11.7 Å². The van der Waals surface area contributed by atoms with E-state index < -0.39 is 0 Å². The van der Waals surface area contributed by atoms with Crippen LogP contribution in [0.2, 0.25) is 5.02 Å². The van der Waals surface area contributed by atoms with Gasteiger partial charge in [-0.25, -0.2) is 0 Å². The van der Waals surface area contributed by atoms with Crippen molar-refractivity contribution in [3.05, 3.63) is 76.4 Å². The molecule has 1 aromatic carbocycles. The molecule has 2 aromatic heterocycles. The van der Waals surface area contributed by atoms with Crippen molar-refractivity contribution in [2.45, 2.75) is 6.92 Å². The van der Waals surface area contributed by atoms with Gasteiger partial charge in [-0.2, -0.15) is 0 Å². The minimum atomic E-state index is -0.122. The molecule has 5 nitrogen and oxygen atoms in total. The van der Waals surface area contributed by atoms with Crippen LogP contribution in [0, 0.1) is 0 Å². The summed E-state index contributed by atoms with van der Waals surface area (Å²) in [4.78, 5) is 30.9. The van der Waals surface area contributed by atoms with E-state index in [2.05, 4.69) is 4.98 Å². The Balaban J connectivity index is 1.53. The Bertz CT molecular complexity index is 1060. The number of ether oxygens (including phenoxy) is 1. The molecule has 30 heavy (non-hydrogen) atoms. The van der Waals surface area contributed by atoms with E-state index in [1.54, 1.807) is 43.4 Å². The fraction of sp³-hybridized carbons (Fsp3) is 0.174. The van der Waals surface area contributed by atoms with Gasteiger partial charge in [0, 0.05) is 30.4 Å². The number of amides is 1. The summed E-state index contributed by atoms with van der Waals surface area (Å²) in [6.07, 6.45) is 6.61. The molecule has 7 heteroatoms. The second kappa shape index (κ2) is 10.2. The summed E-state index contributed by atoms with van der Waals surface area (Å²) in [6.45, 7) is 2.28. The number of Topliss-reactive ketones (excluding diaryl/α,β-unsaturated/α-hetero) is 1. The number of carbonyl (C=O) groups excluding carboxylic acids is 2.